The van der Waals surface area contributed by atoms with Crippen LogP contribution in [-0.2, 0) is 11.3 Å². The zero-order valence-corrected chi connectivity index (χ0v) is 12.3. The Morgan fingerprint density at radius 3 is 2.77 bits per heavy atom. The Hall–Kier alpha value is -2.93. The van der Waals surface area contributed by atoms with Crippen molar-refractivity contribution in [2.75, 3.05) is 6.54 Å². The third-order valence-electron chi connectivity index (χ3n) is 2.91. The molecule has 0 aliphatic heterocycles. The molecule has 2 aromatic rings. The number of nitrogens with one attached hydrogen (secondary N) is 1. The lowest BCUT2D eigenvalue weighted by atomic mass is 10.1. The summed E-state index contributed by atoms with van der Waals surface area (Å²) < 4.78 is 5.06. The molecule has 0 aliphatic carbocycles. The van der Waals surface area contributed by atoms with Crippen molar-refractivity contribution in [3.05, 3.63) is 65.2 Å². The fourth-order valence-corrected chi connectivity index (χ4v) is 1.78. The van der Waals surface area contributed by atoms with Gasteiger partial charge in [0.15, 0.2) is 0 Å². The Labute approximate surface area is 129 Å². The molecule has 1 amide bonds. The van der Waals surface area contributed by atoms with Gasteiger partial charge in [-0.25, -0.2) is 4.79 Å². The molecule has 22 heavy (non-hydrogen) atoms. The van der Waals surface area contributed by atoms with Gasteiger partial charge in [-0.2, -0.15) is 0 Å². The van der Waals surface area contributed by atoms with Gasteiger partial charge in [0.1, 0.15) is 12.4 Å². The molecule has 0 saturated carbocycles. The van der Waals surface area contributed by atoms with E-state index < -0.39 is 6.09 Å². The second-order valence-electron chi connectivity index (χ2n) is 4.74. The van der Waals surface area contributed by atoms with E-state index in [1.54, 1.807) is 18.2 Å². The van der Waals surface area contributed by atoms with Crippen LogP contribution in [0.4, 0.5) is 4.79 Å². The molecule has 0 heterocycles. The van der Waals surface area contributed by atoms with Gasteiger partial charge in [0.25, 0.3) is 0 Å². The normalized spacial score (nSPS) is 9.50. The third kappa shape index (κ3) is 4.88. The molecule has 112 valence electrons. The highest BCUT2D eigenvalue weighted by Gasteiger charge is 2.00. The molecule has 0 fully saturated rings. The lowest BCUT2D eigenvalue weighted by Crippen LogP contribution is -2.24. The van der Waals surface area contributed by atoms with Crippen LogP contribution in [0.2, 0.25) is 0 Å². The van der Waals surface area contributed by atoms with E-state index in [2.05, 4.69) is 17.2 Å². The number of amides is 1. The van der Waals surface area contributed by atoms with Crippen molar-refractivity contribution >= 4 is 6.09 Å². The van der Waals surface area contributed by atoms with Gasteiger partial charge >= 0.3 is 6.09 Å². The molecular weight excluding hydrogens is 278 g/mol. The van der Waals surface area contributed by atoms with Crippen molar-refractivity contribution in [1.82, 2.24) is 5.32 Å². The summed E-state index contributed by atoms with van der Waals surface area (Å²) in [6, 6.07) is 14.6. The first-order valence-electron chi connectivity index (χ1n) is 6.88. The van der Waals surface area contributed by atoms with Gasteiger partial charge in [-0.15, -0.1) is 0 Å². The predicted octanol–water partition coefficient (Wildman–Crippen LogP) is 2.98. The minimum atomic E-state index is -0.522. The van der Waals surface area contributed by atoms with Gasteiger partial charge in [-0.3, -0.25) is 0 Å². The maximum Gasteiger partial charge on any atom is 0.408 e. The van der Waals surface area contributed by atoms with Crippen molar-refractivity contribution in [1.29, 1.82) is 0 Å². The largest absolute Gasteiger partial charge is 0.507 e. The second-order valence-corrected chi connectivity index (χ2v) is 4.74. The number of phenolic OH excluding ortho intramolecular Hbond substituents is 1. The summed E-state index contributed by atoms with van der Waals surface area (Å²) in [4.78, 5) is 11.5. The molecule has 0 aromatic heterocycles. The van der Waals surface area contributed by atoms with Crippen LogP contribution in [0.25, 0.3) is 0 Å². The van der Waals surface area contributed by atoms with Crippen LogP contribution in [0.15, 0.2) is 48.5 Å². The first kappa shape index (κ1) is 15.5. The highest BCUT2D eigenvalue weighted by Crippen LogP contribution is 2.16. The molecule has 0 spiro atoms. The van der Waals surface area contributed by atoms with E-state index in [-0.39, 0.29) is 18.9 Å². The van der Waals surface area contributed by atoms with Gasteiger partial charge in [-0.05, 0) is 30.2 Å². The fourth-order valence-electron chi connectivity index (χ4n) is 1.78. The summed E-state index contributed by atoms with van der Waals surface area (Å²) in [7, 11) is 0. The topological polar surface area (TPSA) is 58.6 Å². The molecule has 0 aliphatic rings. The molecule has 2 aromatic carbocycles. The number of hydrogen-bond acceptors (Lipinski definition) is 3. The van der Waals surface area contributed by atoms with Gasteiger partial charge < -0.3 is 15.2 Å². The molecule has 0 atom stereocenters. The predicted molar refractivity (Wildman–Crippen MR) is 84.4 cm³/mol. The molecule has 0 radical (unpaired) electrons. The highest BCUT2D eigenvalue weighted by atomic mass is 16.5. The van der Waals surface area contributed by atoms with Gasteiger partial charge in [0.2, 0.25) is 0 Å². The van der Waals surface area contributed by atoms with Crippen molar-refractivity contribution in [3.8, 4) is 17.6 Å². The van der Waals surface area contributed by atoms with Gasteiger partial charge in [-0.1, -0.05) is 48.2 Å². The van der Waals surface area contributed by atoms with Gasteiger partial charge in [0, 0.05) is 0 Å². The number of alkyl carbamates (subject to hydrolysis) is 1. The number of carbonyl (C=O) groups excluding carboxylic acids is 1. The Bertz CT molecular complexity index is 699. The van der Waals surface area contributed by atoms with Crippen LogP contribution in [0.1, 0.15) is 16.7 Å². The van der Waals surface area contributed by atoms with Crippen LogP contribution in [0.3, 0.4) is 0 Å². The molecule has 0 saturated heterocycles. The SMILES string of the molecule is Cc1ccc(O)c(C#CCNC(=O)OCc2ccccc2)c1. The molecule has 0 bridgehead atoms. The molecule has 0 unspecified atom stereocenters. The van der Waals surface area contributed by atoms with E-state index in [1.807, 2.05) is 37.3 Å². The first-order valence-corrected chi connectivity index (χ1v) is 6.88. The van der Waals surface area contributed by atoms with Crippen LogP contribution in [-0.4, -0.2) is 17.7 Å². The Kier molecular flexibility index (Phi) is 5.44. The number of carbonyl (C=O) groups is 1. The van der Waals surface area contributed by atoms with Gasteiger partial charge in [0.05, 0.1) is 12.1 Å². The Morgan fingerprint density at radius 1 is 1.23 bits per heavy atom. The molecular formula is C18H17NO3. The van der Waals surface area contributed by atoms with Crippen LogP contribution in [0.5, 0.6) is 5.75 Å². The quantitative estimate of drug-likeness (QED) is 0.856. The monoisotopic (exact) mass is 295 g/mol. The van der Waals surface area contributed by atoms with E-state index in [4.69, 9.17) is 4.74 Å². The van der Waals surface area contributed by atoms with Crippen LogP contribution >= 0.6 is 0 Å². The smallest absolute Gasteiger partial charge is 0.408 e. The standard InChI is InChI=1S/C18H17NO3/c1-14-9-10-17(20)16(12-14)8-5-11-19-18(21)22-13-15-6-3-2-4-7-15/h2-4,6-7,9-10,12,20H,11,13H2,1H3,(H,19,21). The first-order chi connectivity index (χ1) is 10.6. The zero-order valence-electron chi connectivity index (χ0n) is 12.3. The summed E-state index contributed by atoms with van der Waals surface area (Å²) >= 11 is 0. The number of benzene rings is 2. The maximum absolute atomic E-state index is 11.5. The van der Waals surface area contributed by atoms with E-state index in [0.717, 1.165) is 11.1 Å². The van der Waals surface area contributed by atoms with Crippen molar-refractivity contribution in [3.63, 3.8) is 0 Å². The number of hydrogen-bond donors (Lipinski definition) is 2. The summed E-state index contributed by atoms with van der Waals surface area (Å²) in [6.45, 7) is 2.30. The third-order valence-corrected chi connectivity index (χ3v) is 2.91. The number of rotatable bonds is 3. The molecule has 2 rings (SSSR count). The van der Waals surface area contributed by atoms with Crippen LogP contribution < -0.4 is 5.32 Å². The molecule has 2 N–H and O–H groups in total. The maximum atomic E-state index is 11.5. The zero-order chi connectivity index (χ0) is 15.8. The minimum Gasteiger partial charge on any atom is -0.507 e. The summed E-state index contributed by atoms with van der Waals surface area (Å²) in [5.74, 6) is 5.72. The number of phenols is 1. The van der Waals surface area contributed by atoms with Crippen molar-refractivity contribution in [2.45, 2.75) is 13.5 Å². The average Bonchev–Trinajstić information content (AvgIpc) is 2.53. The molecule has 4 nitrogen and oxygen atoms in total. The van der Waals surface area contributed by atoms with E-state index >= 15 is 0 Å². The Balaban J connectivity index is 1.78. The van der Waals surface area contributed by atoms with E-state index in [1.165, 1.54) is 0 Å². The minimum absolute atomic E-state index is 0.129. The molecule has 4 heteroatoms. The van der Waals surface area contributed by atoms with E-state index in [9.17, 15) is 9.90 Å². The number of aromatic hydroxyl groups is 1. The lowest BCUT2D eigenvalue weighted by molar-refractivity contribution is 0.141. The van der Waals surface area contributed by atoms with Crippen molar-refractivity contribution < 1.29 is 14.6 Å². The Morgan fingerprint density at radius 2 is 2.00 bits per heavy atom. The van der Waals surface area contributed by atoms with E-state index in [0.29, 0.717) is 5.56 Å². The second kappa shape index (κ2) is 7.75. The number of ether oxygens (including phenoxy) is 1. The highest BCUT2D eigenvalue weighted by molar-refractivity contribution is 5.67. The van der Waals surface area contributed by atoms with Crippen molar-refractivity contribution in [2.24, 2.45) is 0 Å². The lowest BCUT2D eigenvalue weighted by Gasteiger charge is -2.04. The average molecular weight is 295 g/mol. The summed E-state index contributed by atoms with van der Waals surface area (Å²) in [5, 5.41) is 12.2. The number of aryl methyl sites for hydroxylation is 1. The summed E-state index contributed by atoms with van der Waals surface area (Å²) in [5.41, 5.74) is 2.48. The fraction of sp³-hybridized carbons (Fsp3) is 0.167. The summed E-state index contributed by atoms with van der Waals surface area (Å²) in [6.07, 6.45) is -0.522. The van der Waals surface area contributed by atoms with Crippen LogP contribution in [0, 0.1) is 18.8 Å².